The molecule has 1 saturated heterocycles. The second-order valence-electron chi connectivity index (χ2n) is 5.17. The summed E-state index contributed by atoms with van der Waals surface area (Å²) in [5.74, 6) is 0. The van der Waals surface area contributed by atoms with E-state index in [0.717, 1.165) is 0 Å². The number of aliphatic hydroxyl groups is 4. The molecule has 0 aliphatic carbocycles. The highest BCUT2D eigenvalue weighted by molar-refractivity contribution is 5.59. The molecule has 124 valence electrons. The van der Waals surface area contributed by atoms with Crippen LogP contribution in [0.5, 0.6) is 0 Å². The van der Waals surface area contributed by atoms with Gasteiger partial charge in [0, 0.05) is 5.69 Å². The van der Waals surface area contributed by atoms with E-state index in [4.69, 9.17) is 15.1 Å². The maximum absolute atomic E-state index is 10.8. The van der Waals surface area contributed by atoms with Gasteiger partial charge in [-0.25, -0.2) is 0 Å². The molecule has 1 heterocycles. The number of hydrogen-bond donors (Lipinski definition) is 6. The summed E-state index contributed by atoms with van der Waals surface area (Å²) in [6.07, 6.45) is -6.09. The maximum Gasteiger partial charge on any atom is 0.157 e. The van der Waals surface area contributed by atoms with Gasteiger partial charge in [-0.15, -0.1) is 0 Å². The van der Waals surface area contributed by atoms with Crippen molar-refractivity contribution < 1.29 is 30.4 Å². The van der Waals surface area contributed by atoms with Gasteiger partial charge in [-0.05, 0) is 30.7 Å². The minimum absolute atomic E-state index is 0.0459. The van der Waals surface area contributed by atoms with E-state index in [1.807, 2.05) is 0 Å². The minimum atomic E-state index is -1.35. The summed E-state index contributed by atoms with van der Waals surface area (Å²) < 4.78 is 5.33. The van der Waals surface area contributed by atoms with Crippen molar-refractivity contribution >= 4 is 11.4 Å². The van der Waals surface area contributed by atoms with Crippen LogP contribution in [0.1, 0.15) is 5.56 Å². The number of hydrogen-bond acceptors (Lipinski definition) is 9. The zero-order valence-corrected chi connectivity index (χ0v) is 11.8. The van der Waals surface area contributed by atoms with Gasteiger partial charge in [0.1, 0.15) is 24.4 Å². The summed E-state index contributed by atoms with van der Waals surface area (Å²) in [7, 11) is 0. The second kappa shape index (κ2) is 6.75. The summed E-state index contributed by atoms with van der Waals surface area (Å²) in [4.78, 5) is 0. The SMILES string of the molecule is Cc1cc(N([O-])O)ccc1N[C@H]1O[C@H]([C@H](O)CO)[C@H](O)[C@H]1O. The number of benzene rings is 1. The normalized spacial score (nSPS) is 29.4. The lowest BCUT2D eigenvalue weighted by Gasteiger charge is -2.24. The Hall–Kier alpha value is -1.46. The van der Waals surface area contributed by atoms with Crippen LogP contribution in [0.3, 0.4) is 0 Å². The lowest BCUT2D eigenvalue weighted by molar-refractivity contribution is -0.0774. The van der Waals surface area contributed by atoms with Crippen molar-refractivity contribution in [2.75, 3.05) is 17.2 Å². The van der Waals surface area contributed by atoms with Gasteiger partial charge in [0.2, 0.25) is 0 Å². The molecule has 1 aromatic rings. The number of rotatable bonds is 5. The fourth-order valence-electron chi connectivity index (χ4n) is 2.33. The molecule has 2 rings (SSSR count). The van der Waals surface area contributed by atoms with E-state index >= 15 is 0 Å². The zero-order chi connectivity index (χ0) is 16.4. The topological polar surface area (TPSA) is 149 Å². The van der Waals surface area contributed by atoms with Crippen LogP contribution in [0, 0.1) is 12.1 Å². The van der Waals surface area contributed by atoms with Crippen molar-refractivity contribution in [1.82, 2.24) is 0 Å². The molecule has 22 heavy (non-hydrogen) atoms. The van der Waals surface area contributed by atoms with Crippen molar-refractivity contribution in [3.8, 4) is 0 Å². The lowest BCUT2D eigenvalue weighted by atomic mass is 10.1. The predicted octanol–water partition coefficient (Wildman–Crippen LogP) is -1.10. The smallest absolute Gasteiger partial charge is 0.157 e. The predicted molar refractivity (Wildman–Crippen MR) is 76.2 cm³/mol. The fourth-order valence-corrected chi connectivity index (χ4v) is 2.33. The van der Waals surface area contributed by atoms with Gasteiger partial charge in [-0.2, -0.15) is 0 Å². The van der Waals surface area contributed by atoms with E-state index in [0.29, 0.717) is 11.3 Å². The first-order valence-electron chi connectivity index (χ1n) is 6.69. The molecule has 0 saturated carbocycles. The van der Waals surface area contributed by atoms with Gasteiger partial charge in [0.05, 0.1) is 12.3 Å². The van der Waals surface area contributed by atoms with Crippen molar-refractivity contribution in [3.05, 3.63) is 29.0 Å². The van der Waals surface area contributed by atoms with Crippen LogP contribution in [0.25, 0.3) is 0 Å². The maximum atomic E-state index is 10.8. The van der Waals surface area contributed by atoms with Gasteiger partial charge in [0.15, 0.2) is 6.23 Å². The summed E-state index contributed by atoms with van der Waals surface area (Å²) >= 11 is 0. The van der Waals surface area contributed by atoms with Crippen molar-refractivity contribution in [2.45, 2.75) is 37.6 Å². The van der Waals surface area contributed by atoms with E-state index in [1.165, 1.54) is 18.2 Å². The van der Waals surface area contributed by atoms with Crippen LogP contribution in [-0.2, 0) is 4.74 Å². The monoisotopic (exact) mass is 315 g/mol. The molecule has 9 nitrogen and oxygen atoms in total. The van der Waals surface area contributed by atoms with Gasteiger partial charge in [0.25, 0.3) is 0 Å². The van der Waals surface area contributed by atoms with Crippen LogP contribution in [0.2, 0.25) is 0 Å². The quantitative estimate of drug-likeness (QED) is 0.372. The zero-order valence-electron chi connectivity index (χ0n) is 11.8. The molecule has 1 aromatic carbocycles. The number of nitrogens with zero attached hydrogens (tertiary/aromatic N) is 1. The Morgan fingerprint density at radius 3 is 2.59 bits per heavy atom. The fraction of sp³-hybridized carbons (Fsp3) is 0.538. The van der Waals surface area contributed by atoms with Crippen LogP contribution < -0.4 is 10.5 Å². The van der Waals surface area contributed by atoms with Crippen molar-refractivity contribution in [2.24, 2.45) is 0 Å². The average molecular weight is 315 g/mol. The molecular formula is C13H19N2O7-. The largest absolute Gasteiger partial charge is 0.733 e. The third-order valence-electron chi connectivity index (χ3n) is 3.60. The molecule has 0 spiro atoms. The summed E-state index contributed by atoms with van der Waals surface area (Å²) in [6.45, 7) is 1.07. The van der Waals surface area contributed by atoms with Crippen molar-refractivity contribution in [1.29, 1.82) is 0 Å². The van der Waals surface area contributed by atoms with Crippen LogP contribution in [0.4, 0.5) is 11.4 Å². The van der Waals surface area contributed by atoms with E-state index in [-0.39, 0.29) is 10.9 Å². The Labute approximate surface area is 126 Å². The molecule has 1 aliphatic heterocycles. The molecule has 0 unspecified atom stereocenters. The molecule has 0 bridgehead atoms. The lowest BCUT2D eigenvalue weighted by Crippen LogP contribution is -2.40. The molecular weight excluding hydrogens is 296 g/mol. The highest BCUT2D eigenvalue weighted by atomic mass is 16.8. The molecule has 0 aromatic heterocycles. The Morgan fingerprint density at radius 2 is 2.05 bits per heavy atom. The standard InChI is InChI=1S/C13H19N2O7/c1-6-4-7(15(20)21)2-3-8(6)14-13-11(19)10(18)12(22-13)9(17)5-16/h2-4,9-14,16-20H,5H2,1H3/q-1/t9-,10-,11-,12-,13+/m1/s1. The molecule has 0 amide bonds. The average Bonchev–Trinajstić information content (AvgIpc) is 2.76. The minimum Gasteiger partial charge on any atom is -0.733 e. The van der Waals surface area contributed by atoms with Crippen molar-refractivity contribution in [3.63, 3.8) is 0 Å². The Balaban J connectivity index is 2.11. The van der Waals surface area contributed by atoms with Crippen LogP contribution >= 0.6 is 0 Å². The second-order valence-corrected chi connectivity index (χ2v) is 5.17. The Bertz CT molecular complexity index is 513. The number of aryl methyl sites for hydroxylation is 1. The highest BCUT2D eigenvalue weighted by Crippen LogP contribution is 2.28. The summed E-state index contributed by atoms with van der Waals surface area (Å²) in [5, 5.41) is 60.4. The molecule has 9 heteroatoms. The third-order valence-corrected chi connectivity index (χ3v) is 3.60. The van der Waals surface area contributed by atoms with Gasteiger partial charge in [-0.3, -0.25) is 5.21 Å². The van der Waals surface area contributed by atoms with Gasteiger partial charge >= 0.3 is 0 Å². The van der Waals surface area contributed by atoms with Gasteiger partial charge < -0.3 is 40.9 Å². The summed E-state index contributed by atoms with van der Waals surface area (Å²) in [6, 6.07) is 4.29. The Morgan fingerprint density at radius 1 is 1.36 bits per heavy atom. The highest BCUT2D eigenvalue weighted by Gasteiger charge is 2.45. The first kappa shape index (κ1) is 16.9. The van der Waals surface area contributed by atoms with E-state index in [9.17, 15) is 20.5 Å². The van der Waals surface area contributed by atoms with Crippen LogP contribution in [-0.4, -0.2) is 62.9 Å². The first-order valence-corrected chi connectivity index (χ1v) is 6.69. The van der Waals surface area contributed by atoms with Crippen LogP contribution in [0.15, 0.2) is 18.2 Å². The number of aliphatic hydroxyl groups excluding tert-OH is 4. The molecule has 1 fully saturated rings. The van der Waals surface area contributed by atoms with Gasteiger partial charge in [-0.1, -0.05) is 0 Å². The number of anilines is 2. The Kier molecular flexibility index (Phi) is 5.19. The number of ether oxygens (including phenoxy) is 1. The van der Waals surface area contributed by atoms with E-state index in [2.05, 4.69) is 5.32 Å². The molecule has 1 aliphatic rings. The number of nitrogens with one attached hydrogen (secondary N) is 1. The molecule has 0 radical (unpaired) electrons. The van der Waals surface area contributed by atoms with E-state index in [1.54, 1.807) is 6.92 Å². The molecule has 6 N–H and O–H groups in total. The first-order chi connectivity index (χ1) is 10.3. The summed E-state index contributed by atoms with van der Waals surface area (Å²) in [5.41, 5.74) is 1.16. The van der Waals surface area contributed by atoms with E-state index < -0.39 is 37.3 Å². The third kappa shape index (κ3) is 3.31. The molecule has 5 atom stereocenters.